The van der Waals surface area contributed by atoms with Crippen LogP contribution in [0.1, 0.15) is 39.0 Å². The smallest absolute Gasteiger partial charge is 0.303 e. The highest BCUT2D eigenvalue weighted by molar-refractivity contribution is 5.81. The van der Waals surface area contributed by atoms with Crippen molar-refractivity contribution in [3.8, 4) is 0 Å². The van der Waals surface area contributed by atoms with E-state index in [2.05, 4.69) is 0 Å². The predicted molar refractivity (Wildman–Crippen MR) is 62.7 cm³/mol. The van der Waals surface area contributed by atoms with Crippen molar-refractivity contribution < 1.29 is 19.4 Å². The maximum Gasteiger partial charge on any atom is 0.303 e. The molecule has 5 nitrogen and oxygen atoms in total. The van der Waals surface area contributed by atoms with Gasteiger partial charge >= 0.3 is 5.97 Å². The Kier molecular flexibility index (Phi) is 5.41. The van der Waals surface area contributed by atoms with Crippen molar-refractivity contribution in [3.63, 3.8) is 0 Å². The van der Waals surface area contributed by atoms with Crippen molar-refractivity contribution in [1.29, 1.82) is 0 Å². The SMILES string of the molecule is COC(C)C(=O)N1CCCCC1CCC(=O)O. The van der Waals surface area contributed by atoms with Crippen LogP contribution in [-0.4, -0.2) is 47.7 Å². The minimum atomic E-state index is -0.803. The highest BCUT2D eigenvalue weighted by Gasteiger charge is 2.29. The molecule has 1 N–H and O–H groups in total. The molecule has 98 valence electrons. The summed E-state index contributed by atoms with van der Waals surface area (Å²) in [5, 5.41) is 8.70. The van der Waals surface area contributed by atoms with E-state index in [0.29, 0.717) is 6.42 Å². The summed E-state index contributed by atoms with van der Waals surface area (Å²) in [6.45, 7) is 2.45. The van der Waals surface area contributed by atoms with Gasteiger partial charge in [-0.1, -0.05) is 0 Å². The van der Waals surface area contributed by atoms with Gasteiger partial charge < -0.3 is 14.7 Å². The number of aliphatic carboxylic acids is 1. The van der Waals surface area contributed by atoms with E-state index in [4.69, 9.17) is 9.84 Å². The molecule has 1 aliphatic heterocycles. The Hall–Kier alpha value is -1.10. The van der Waals surface area contributed by atoms with E-state index in [-0.39, 0.29) is 18.4 Å². The Balaban J connectivity index is 2.58. The molecule has 0 aromatic rings. The molecule has 5 heteroatoms. The lowest BCUT2D eigenvalue weighted by Gasteiger charge is -2.37. The Morgan fingerprint density at radius 2 is 2.18 bits per heavy atom. The largest absolute Gasteiger partial charge is 0.481 e. The van der Waals surface area contributed by atoms with Crippen LogP contribution in [0.3, 0.4) is 0 Å². The number of piperidine rings is 1. The maximum absolute atomic E-state index is 12.0. The van der Waals surface area contributed by atoms with E-state index < -0.39 is 12.1 Å². The molecule has 1 heterocycles. The molecule has 0 aromatic heterocycles. The number of likely N-dealkylation sites (tertiary alicyclic amines) is 1. The molecule has 0 spiro atoms. The summed E-state index contributed by atoms with van der Waals surface area (Å²) < 4.78 is 5.03. The number of ether oxygens (including phenoxy) is 1. The van der Waals surface area contributed by atoms with Crippen molar-refractivity contribution in [3.05, 3.63) is 0 Å². The van der Waals surface area contributed by atoms with Crippen LogP contribution in [0.4, 0.5) is 0 Å². The molecule has 17 heavy (non-hydrogen) atoms. The van der Waals surface area contributed by atoms with Crippen molar-refractivity contribution in [2.24, 2.45) is 0 Å². The highest BCUT2D eigenvalue weighted by Crippen LogP contribution is 2.22. The number of carboxylic acid groups (broad SMARTS) is 1. The third-order valence-electron chi connectivity index (χ3n) is 3.30. The molecular formula is C12H21NO4. The van der Waals surface area contributed by atoms with Gasteiger partial charge in [0.2, 0.25) is 0 Å². The van der Waals surface area contributed by atoms with Gasteiger partial charge in [0.05, 0.1) is 0 Å². The molecule has 1 amide bonds. The quantitative estimate of drug-likeness (QED) is 0.789. The normalized spacial score (nSPS) is 22.2. The summed E-state index contributed by atoms with van der Waals surface area (Å²) in [5.74, 6) is -0.828. The molecule has 0 aliphatic carbocycles. The van der Waals surface area contributed by atoms with Crippen molar-refractivity contribution >= 4 is 11.9 Å². The number of carbonyl (C=O) groups excluding carboxylic acids is 1. The average Bonchev–Trinajstić information content (AvgIpc) is 2.34. The van der Waals surface area contributed by atoms with E-state index in [0.717, 1.165) is 25.8 Å². The number of hydrogen-bond acceptors (Lipinski definition) is 3. The third-order valence-corrected chi connectivity index (χ3v) is 3.30. The number of nitrogens with zero attached hydrogens (tertiary/aromatic N) is 1. The fraction of sp³-hybridized carbons (Fsp3) is 0.833. The molecule has 0 saturated carbocycles. The molecule has 0 aromatic carbocycles. The zero-order valence-corrected chi connectivity index (χ0v) is 10.5. The molecule has 0 radical (unpaired) electrons. The number of methoxy groups -OCH3 is 1. The minimum absolute atomic E-state index is 0.0254. The van der Waals surface area contributed by atoms with Gasteiger partial charge in [-0.15, -0.1) is 0 Å². The van der Waals surface area contributed by atoms with E-state index in [9.17, 15) is 9.59 Å². The Labute approximate surface area is 102 Å². The highest BCUT2D eigenvalue weighted by atomic mass is 16.5. The van der Waals surface area contributed by atoms with Crippen molar-refractivity contribution in [1.82, 2.24) is 4.90 Å². The van der Waals surface area contributed by atoms with Gasteiger partial charge in [-0.25, -0.2) is 0 Å². The molecule has 0 bridgehead atoms. The number of carbonyl (C=O) groups is 2. The van der Waals surface area contributed by atoms with E-state index in [1.165, 1.54) is 7.11 Å². The number of carboxylic acids is 1. The van der Waals surface area contributed by atoms with Gasteiger partial charge in [0, 0.05) is 26.1 Å². The van der Waals surface area contributed by atoms with Gasteiger partial charge in [-0.2, -0.15) is 0 Å². The van der Waals surface area contributed by atoms with Gasteiger partial charge in [-0.05, 0) is 32.6 Å². The summed E-state index contributed by atoms with van der Waals surface area (Å²) in [4.78, 5) is 24.4. The van der Waals surface area contributed by atoms with Gasteiger partial charge in [-0.3, -0.25) is 9.59 Å². The average molecular weight is 243 g/mol. The second-order valence-electron chi connectivity index (χ2n) is 4.49. The summed E-state index contributed by atoms with van der Waals surface area (Å²) in [6, 6.07) is 0.0601. The van der Waals surface area contributed by atoms with Gasteiger partial charge in [0.1, 0.15) is 6.10 Å². The molecule has 1 aliphatic rings. The zero-order valence-electron chi connectivity index (χ0n) is 10.5. The Morgan fingerprint density at radius 3 is 2.76 bits per heavy atom. The van der Waals surface area contributed by atoms with Gasteiger partial charge in [0.25, 0.3) is 5.91 Å². The lowest BCUT2D eigenvalue weighted by molar-refractivity contribution is -0.146. The van der Waals surface area contributed by atoms with E-state index in [1.54, 1.807) is 11.8 Å². The second kappa shape index (κ2) is 6.59. The monoisotopic (exact) mass is 243 g/mol. The fourth-order valence-corrected chi connectivity index (χ4v) is 2.22. The van der Waals surface area contributed by atoms with Crippen LogP contribution in [0.25, 0.3) is 0 Å². The zero-order chi connectivity index (χ0) is 12.8. The van der Waals surface area contributed by atoms with Crippen LogP contribution >= 0.6 is 0 Å². The van der Waals surface area contributed by atoms with Crippen molar-refractivity contribution in [2.75, 3.05) is 13.7 Å². The summed E-state index contributed by atoms with van der Waals surface area (Å²) in [5.41, 5.74) is 0. The Bertz CT molecular complexity index is 280. The molecule has 1 saturated heterocycles. The summed E-state index contributed by atoms with van der Waals surface area (Å²) >= 11 is 0. The first kappa shape index (κ1) is 14.0. The van der Waals surface area contributed by atoms with Crippen LogP contribution in [0.2, 0.25) is 0 Å². The van der Waals surface area contributed by atoms with Crippen molar-refractivity contribution in [2.45, 2.75) is 51.2 Å². The lowest BCUT2D eigenvalue weighted by atomic mass is 9.97. The maximum atomic E-state index is 12.0. The van der Waals surface area contributed by atoms with Crippen LogP contribution in [0.5, 0.6) is 0 Å². The number of amides is 1. The standard InChI is InChI=1S/C12H21NO4/c1-9(17-2)12(16)13-8-4-3-5-10(13)6-7-11(14)15/h9-10H,3-8H2,1-2H3,(H,14,15). The van der Waals surface area contributed by atoms with E-state index in [1.807, 2.05) is 0 Å². The molecule has 2 unspecified atom stereocenters. The van der Waals surface area contributed by atoms with E-state index >= 15 is 0 Å². The Morgan fingerprint density at radius 1 is 1.47 bits per heavy atom. The van der Waals surface area contributed by atoms with Crippen LogP contribution in [0, 0.1) is 0 Å². The first-order chi connectivity index (χ1) is 8.06. The van der Waals surface area contributed by atoms with Crippen LogP contribution in [0.15, 0.2) is 0 Å². The topological polar surface area (TPSA) is 66.8 Å². The lowest BCUT2D eigenvalue weighted by Crippen LogP contribution is -2.48. The number of rotatable bonds is 5. The first-order valence-electron chi connectivity index (χ1n) is 6.11. The summed E-state index contributed by atoms with van der Waals surface area (Å²) in [6.07, 6.45) is 3.17. The molecular weight excluding hydrogens is 222 g/mol. The molecule has 1 rings (SSSR count). The van der Waals surface area contributed by atoms with Gasteiger partial charge in [0.15, 0.2) is 0 Å². The third kappa shape index (κ3) is 4.00. The minimum Gasteiger partial charge on any atom is -0.481 e. The predicted octanol–water partition coefficient (Wildman–Crippen LogP) is 1.27. The summed E-state index contributed by atoms with van der Waals surface area (Å²) in [7, 11) is 1.51. The molecule has 2 atom stereocenters. The van der Waals surface area contributed by atoms with Crippen LogP contribution < -0.4 is 0 Å². The van der Waals surface area contributed by atoms with Crippen LogP contribution in [-0.2, 0) is 14.3 Å². The first-order valence-corrected chi connectivity index (χ1v) is 6.11. The second-order valence-corrected chi connectivity index (χ2v) is 4.49. The number of hydrogen-bond donors (Lipinski definition) is 1. The molecule has 1 fully saturated rings. The fourth-order valence-electron chi connectivity index (χ4n) is 2.22.